The summed E-state index contributed by atoms with van der Waals surface area (Å²) in [4.78, 5) is 7.04. The van der Waals surface area contributed by atoms with Crippen LogP contribution in [-0.4, -0.2) is 50.0 Å². The molecule has 1 unspecified atom stereocenters. The van der Waals surface area contributed by atoms with Gasteiger partial charge in [0.05, 0.1) is 0 Å². The largest absolute Gasteiger partial charge is 0.306 e. The summed E-state index contributed by atoms with van der Waals surface area (Å²) < 4.78 is 2.01. The number of hydrogen-bond donors (Lipinski definition) is 1. The Morgan fingerprint density at radius 2 is 2.19 bits per heavy atom. The molecule has 1 atom stereocenters. The maximum Gasteiger partial charge on any atom is 0.201 e. The average molecular weight is 288 g/mol. The molecule has 0 bridgehead atoms. The maximum absolute atomic E-state index is 4.68. The van der Waals surface area contributed by atoms with Gasteiger partial charge in [0.1, 0.15) is 11.5 Å². The minimum atomic E-state index is 0.351. The SMILES string of the molecule is Cc1cc(-c2n[nH]c(C3CCCN(C)C3)n2)nn1C(C)C. The number of piperidine rings is 1. The molecule has 0 amide bonds. The summed E-state index contributed by atoms with van der Waals surface area (Å²) in [7, 11) is 2.16. The summed E-state index contributed by atoms with van der Waals surface area (Å²) in [5.74, 6) is 2.16. The highest BCUT2D eigenvalue weighted by Crippen LogP contribution is 2.25. The summed E-state index contributed by atoms with van der Waals surface area (Å²) in [6.07, 6.45) is 2.40. The Morgan fingerprint density at radius 3 is 2.86 bits per heavy atom. The normalized spacial score (nSPS) is 20.3. The molecule has 0 aliphatic carbocycles. The highest BCUT2D eigenvalue weighted by atomic mass is 15.3. The molecule has 1 aliphatic heterocycles. The predicted molar refractivity (Wildman–Crippen MR) is 82.2 cm³/mol. The number of hydrogen-bond acceptors (Lipinski definition) is 4. The van der Waals surface area contributed by atoms with Gasteiger partial charge in [-0.15, -0.1) is 0 Å². The highest BCUT2D eigenvalue weighted by Gasteiger charge is 2.23. The molecule has 1 aliphatic rings. The third-order valence-electron chi connectivity index (χ3n) is 4.15. The molecular formula is C15H24N6. The number of aromatic nitrogens is 5. The number of aromatic amines is 1. The Kier molecular flexibility index (Phi) is 3.80. The number of likely N-dealkylation sites (tertiary alicyclic amines) is 1. The molecular weight excluding hydrogens is 264 g/mol. The van der Waals surface area contributed by atoms with Crippen LogP contribution >= 0.6 is 0 Å². The van der Waals surface area contributed by atoms with Gasteiger partial charge in [-0.25, -0.2) is 4.98 Å². The highest BCUT2D eigenvalue weighted by molar-refractivity contribution is 5.49. The van der Waals surface area contributed by atoms with E-state index in [1.165, 1.54) is 19.4 Å². The minimum Gasteiger partial charge on any atom is -0.306 e. The Hall–Kier alpha value is -1.69. The first-order valence-corrected chi connectivity index (χ1v) is 7.72. The lowest BCUT2D eigenvalue weighted by molar-refractivity contribution is 0.246. The van der Waals surface area contributed by atoms with Gasteiger partial charge in [-0.3, -0.25) is 9.78 Å². The Morgan fingerprint density at radius 1 is 1.38 bits per heavy atom. The standard InChI is InChI=1S/C15H24N6/c1-10(2)21-11(3)8-13(19-21)15-16-14(17-18-15)12-6-5-7-20(4)9-12/h8,10,12H,5-7,9H2,1-4H3,(H,16,17,18). The van der Waals surface area contributed by atoms with Gasteiger partial charge in [-0.1, -0.05) is 0 Å². The fraction of sp³-hybridized carbons (Fsp3) is 0.667. The topological polar surface area (TPSA) is 62.6 Å². The van der Waals surface area contributed by atoms with Crippen LogP contribution in [0.2, 0.25) is 0 Å². The van der Waals surface area contributed by atoms with Crippen molar-refractivity contribution in [3.63, 3.8) is 0 Å². The van der Waals surface area contributed by atoms with Gasteiger partial charge in [0.15, 0.2) is 0 Å². The van der Waals surface area contributed by atoms with Gasteiger partial charge in [0, 0.05) is 24.2 Å². The van der Waals surface area contributed by atoms with Gasteiger partial charge in [-0.2, -0.15) is 10.2 Å². The summed E-state index contributed by atoms with van der Waals surface area (Å²) in [5.41, 5.74) is 2.00. The lowest BCUT2D eigenvalue weighted by Gasteiger charge is -2.27. The maximum atomic E-state index is 4.68. The third kappa shape index (κ3) is 2.85. The predicted octanol–water partition coefficient (Wildman–Crippen LogP) is 2.37. The van der Waals surface area contributed by atoms with Gasteiger partial charge in [0.2, 0.25) is 5.82 Å². The molecule has 3 heterocycles. The first-order valence-electron chi connectivity index (χ1n) is 7.72. The average Bonchev–Trinajstić information content (AvgIpc) is 3.05. The van der Waals surface area contributed by atoms with Crippen molar-refractivity contribution in [2.45, 2.75) is 45.6 Å². The quantitative estimate of drug-likeness (QED) is 0.942. The van der Waals surface area contributed by atoms with Crippen molar-refractivity contribution in [3.8, 4) is 11.5 Å². The fourth-order valence-electron chi connectivity index (χ4n) is 3.08. The van der Waals surface area contributed by atoms with E-state index < -0.39 is 0 Å². The summed E-state index contributed by atoms with van der Waals surface area (Å²) in [6.45, 7) is 8.56. The number of nitrogens with one attached hydrogen (secondary N) is 1. The molecule has 1 fully saturated rings. The van der Waals surface area contributed by atoms with Crippen molar-refractivity contribution >= 4 is 0 Å². The molecule has 1 saturated heterocycles. The van der Waals surface area contributed by atoms with Gasteiger partial charge >= 0.3 is 0 Å². The smallest absolute Gasteiger partial charge is 0.201 e. The van der Waals surface area contributed by atoms with Crippen molar-refractivity contribution in [1.82, 2.24) is 29.9 Å². The van der Waals surface area contributed by atoms with E-state index in [1.807, 2.05) is 4.68 Å². The summed E-state index contributed by atoms with van der Waals surface area (Å²) >= 11 is 0. The van der Waals surface area contributed by atoms with Crippen LogP contribution < -0.4 is 0 Å². The third-order valence-corrected chi connectivity index (χ3v) is 4.15. The molecule has 0 spiro atoms. The van der Waals surface area contributed by atoms with E-state index in [0.29, 0.717) is 17.8 Å². The summed E-state index contributed by atoms with van der Waals surface area (Å²) in [6, 6.07) is 2.41. The fourth-order valence-corrected chi connectivity index (χ4v) is 3.08. The second-order valence-corrected chi connectivity index (χ2v) is 6.35. The molecule has 21 heavy (non-hydrogen) atoms. The van der Waals surface area contributed by atoms with Crippen LogP contribution in [0.15, 0.2) is 6.07 Å². The summed E-state index contributed by atoms with van der Waals surface area (Å²) in [5, 5.41) is 12.1. The molecule has 3 rings (SSSR count). The van der Waals surface area contributed by atoms with Crippen LogP contribution in [-0.2, 0) is 0 Å². The molecule has 1 N–H and O–H groups in total. The van der Waals surface area contributed by atoms with Crippen molar-refractivity contribution in [2.24, 2.45) is 0 Å². The van der Waals surface area contributed by atoms with E-state index in [1.54, 1.807) is 0 Å². The van der Waals surface area contributed by atoms with Crippen molar-refractivity contribution in [2.75, 3.05) is 20.1 Å². The number of nitrogens with zero attached hydrogens (tertiary/aromatic N) is 5. The van der Waals surface area contributed by atoms with Gasteiger partial charge in [0.25, 0.3) is 0 Å². The monoisotopic (exact) mass is 288 g/mol. The molecule has 6 heteroatoms. The van der Waals surface area contributed by atoms with Gasteiger partial charge < -0.3 is 4.90 Å². The lowest BCUT2D eigenvalue weighted by Crippen LogP contribution is -2.31. The van der Waals surface area contributed by atoms with E-state index in [0.717, 1.165) is 23.8 Å². The molecule has 0 aromatic carbocycles. The van der Waals surface area contributed by atoms with Gasteiger partial charge in [-0.05, 0) is 53.3 Å². The zero-order valence-electron chi connectivity index (χ0n) is 13.3. The zero-order chi connectivity index (χ0) is 15.0. The number of aryl methyl sites for hydroxylation is 1. The molecule has 2 aromatic heterocycles. The Labute approximate surface area is 125 Å². The number of likely N-dealkylation sites (N-methyl/N-ethyl adjacent to an activating group) is 1. The van der Waals surface area contributed by atoms with Crippen molar-refractivity contribution in [1.29, 1.82) is 0 Å². The van der Waals surface area contributed by atoms with E-state index >= 15 is 0 Å². The number of rotatable bonds is 3. The molecule has 0 saturated carbocycles. The van der Waals surface area contributed by atoms with Crippen LogP contribution in [0.4, 0.5) is 0 Å². The zero-order valence-corrected chi connectivity index (χ0v) is 13.3. The van der Waals surface area contributed by atoms with E-state index in [-0.39, 0.29) is 0 Å². The van der Waals surface area contributed by atoms with E-state index in [4.69, 9.17) is 0 Å². The molecule has 2 aromatic rings. The van der Waals surface area contributed by atoms with E-state index in [2.05, 4.69) is 59.1 Å². The Balaban J connectivity index is 1.83. The molecule has 114 valence electrons. The van der Waals surface area contributed by atoms with E-state index in [9.17, 15) is 0 Å². The second-order valence-electron chi connectivity index (χ2n) is 6.35. The number of H-pyrrole nitrogens is 1. The van der Waals surface area contributed by atoms with Crippen LogP contribution in [0.1, 0.15) is 50.2 Å². The molecule has 6 nitrogen and oxygen atoms in total. The van der Waals surface area contributed by atoms with Crippen LogP contribution in [0, 0.1) is 6.92 Å². The molecule has 0 radical (unpaired) electrons. The van der Waals surface area contributed by atoms with Crippen LogP contribution in [0.25, 0.3) is 11.5 Å². The van der Waals surface area contributed by atoms with Crippen molar-refractivity contribution < 1.29 is 0 Å². The lowest BCUT2D eigenvalue weighted by atomic mass is 9.98. The first kappa shape index (κ1) is 14.3. The Bertz CT molecular complexity index is 611. The first-order chi connectivity index (χ1) is 10.0. The second kappa shape index (κ2) is 5.60. The minimum absolute atomic E-state index is 0.351. The van der Waals surface area contributed by atoms with Crippen molar-refractivity contribution in [3.05, 3.63) is 17.6 Å². The van der Waals surface area contributed by atoms with Crippen LogP contribution in [0.3, 0.4) is 0 Å². The van der Waals surface area contributed by atoms with Crippen LogP contribution in [0.5, 0.6) is 0 Å².